The fourth-order valence-corrected chi connectivity index (χ4v) is 1.82. The maximum Gasteiger partial charge on any atom is 0.221 e. The van der Waals surface area contributed by atoms with Crippen LogP contribution in [0.1, 0.15) is 26.7 Å². The molecular weight excluding hydrogens is 250 g/mol. The van der Waals surface area contributed by atoms with Crippen LogP contribution in [-0.2, 0) is 14.4 Å². The van der Waals surface area contributed by atoms with Crippen LogP contribution in [0.15, 0.2) is 0 Å². The maximum atomic E-state index is 11.4. The van der Waals surface area contributed by atoms with Crippen LogP contribution >= 0.6 is 23.4 Å². The van der Waals surface area contributed by atoms with E-state index in [9.17, 15) is 14.4 Å². The zero-order valence-electron chi connectivity index (χ0n) is 9.42. The molecule has 0 spiro atoms. The Bertz CT molecular complexity index is 271. The monoisotopic (exact) mass is 265 g/mol. The van der Waals surface area contributed by atoms with Crippen molar-refractivity contribution >= 4 is 40.2 Å². The number of thioether (sulfide) groups is 1. The van der Waals surface area contributed by atoms with Gasteiger partial charge in [-0.1, -0.05) is 18.7 Å². The van der Waals surface area contributed by atoms with Crippen molar-refractivity contribution < 1.29 is 14.4 Å². The molecule has 0 saturated carbocycles. The average Bonchev–Trinajstić information content (AvgIpc) is 2.24. The van der Waals surface area contributed by atoms with Crippen LogP contribution in [-0.4, -0.2) is 34.5 Å². The highest BCUT2D eigenvalue weighted by Crippen LogP contribution is 2.04. The summed E-state index contributed by atoms with van der Waals surface area (Å²) in [6, 6.07) is -0.507. The Kier molecular flexibility index (Phi) is 8.29. The molecule has 0 fully saturated rings. The van der Waals surface area contributed by atoms with Crippen molar-refractivity contribution in [2.24, 2.45) is 0 Å². The average molecular weight is 266 g/mol. The number of hydrogen-bond donors (Lipinski definition) is 1. The molecule has 6 heteroatoms. The standard InChI is InChI=1S/C10H16ClNO3S/c1-3-8(9(14)6-11)12-10(15)4-5-16-7(2)13/h8H,3-6H2,1-2H3,(H,12,15)/t8-/m0/s1. The summed E-state index contributed by atoms with van der Waals surface area (Å²) in [5, 5.41) is 2.58. The first-order chi connectivity index (χ1) is 7.51. The number of Topliss-reactive ketones (excluding diaryl/α,β-unsaturated/α-hetero) is 1. The van der Waals surface area contributed by atoms with Crippen LogP contribution in [0.2, 0.25) is 0 Å². The first-order valence-corrected chi connectivity index (χ1v) is 6.54. The largest absolute Gasteiger partial charge is 0.346 e. The molecule has 0 heterocycles. The molecule has 0 aliphatic rings. The van der Waals surface area contributed by atoms with Gasteiger partial charge >= 0.3 is 0 Å². The van der Waals surface area contributed by atoms with E-state index in [0.29, 0.717) is 12.2 Å². The molecule has 1 N–H and O–H groups in total. The van der Waals surface area contributed by atoms with Crippen LogP contribution in [0.25, 0.3) is 0 Å². The molecule has 0 unspecified atom stereocenters. The second-order valence-corrected chi connectivity index (χ2v) is 4.76. The fourth-order valence-electron chi connectivity index (χ4n) is 1.06. The Labute approximate surface area is 104 Å². The van der Waals surface area contributed by atoms with Gasteiger partial charge in [-0.15, -0.1) is 11.6 Å². The summed E-state index contributed by atoms with van der Waals surface area (Å²) in [7, 11) is 0. The number of hydrogen-bond acceptors (Lipinski definition) is 4. The molecule has 0 aliphatic heterocycles. The summed E-state index contributed by atoms with van der Waals surface area (Å²) in [5.41, 5.74) is 0. The third-order valence-electron chi connectivity index (χ3n) is 1.90. The number of carbonyl (C=O) groups is 3. The van der Waals surface area contributed by atoms with Crippen LogP contribution in [0.4, 0.5) is 0 Å². The lowest BCUT2D eigenvalue weighted by Gasteiger charge is -2.14. The maximum absolute atomic E-state index is 11.4. The summed E-state index contributed by atoms with van der Waals surface area (Å²) in [6.07, 6.45) is 0.757. The second kappa shape index (κ2) is 8.58. The molecule has 0 aliphatic carbocycles. The minimum atomic E-state index is -0.507. The van der Waals surface area contributed by atoms with E-state index in [1.165, 1.54) is 6.92 Å². The van der Waals surface area contributed by atoms with Crippen molar-refractivity contribution in [1.82, 2.24) is 5.32 Å². The third-order valence-corrected chi connectivity index (χ3v) is 2.98. The van der Waals surface area contributed by atoms with Crippen LogP contribution in [0.5, 0.6) is 0 Å². The highest BCUT2D eigenvalue weighted by molar-refractivity contribution is 8.13. The molecule has 1 amide bonds. The van der Waals surface area contributed by atoms with E-state index in [1.807, 2.05) is 0 Å². The molecule has 0 rings (SSSR count). The van der Waals surface area contributed by atoms with Gasteiger partial charge < -0.3 is 5.32 Å². The van der Waals surface area contributed by atoms with Gasteiger partial charge in [-0.3, -0.25) is 14.4 Å². The number of nitrogens with one attached hydrogen (secondary N) is 1. The second-order valence-electron chi connectivity index (χ2n) is 3.22. The van der Waals surface area contributed by atoms with E-state index in [0.717, 1.165) is 11.8 Å². The Balaban J connectivity index is 3.92. The van der Waals surface area contributed by atoms with Gasteiger partial charge in [0.1, 0.15) is 0 Å². The van der Waals surface area contributed by atoms with Gasteiger partial charge in [0.05, 0.1) is 11.9 Å². The molecular formula is C10H16ClNO3S. The molecule has 4 nitrogen and oxygen atoms in total. The zero-order chi connectivity index (χ0) is 12.6. The summed E-state index contributed by atoms with van der Waals surface area (Å²) in [4.78, 5) is 33.3. The number of carbonyl (C=O) groups excluding carboxylic acids is 3. The summed E-state index contributed by atoms with van der Waals surface area (Å²) in [6.45, 7) is 3.26. The molecule has 0 aromatic carbocycles. The Morgan fingerprint density at radius 3 is 2.44 bits per heavy atom. The lowest BCUT2D eigenvalue weighted by atomic mass is 10.1. The predicted octanol–water partition coefficient (Wildman–Crippen LogP) is 1.36. The third kappa shape index (κ3) is 6.85. The quantitative estimate of drug-likeness (QED) is 0.706. The number of ketones is 1. The molecule has 0 aromatic rings. The molecule has 92 valence electrons. The van der Waals surface area contributed by atoms with Gasteiger partial charge in [-0.05, 0) is 6.42 Å². The highest BCUT2D eigenvalue weighted by Gasteiger charge is 2.17. The zero-order valence-corrected chi connectivity index (χ0v) is 11.0. The van der Waals surface area contributed by atoms with E-state index in [1.54, 1.807) is 6.92 Å². The van der Waals surface area contributed by atoms with Crippen molar-refractivity contribution in [3.8, 4) is 0 Å². The predicted molar refractivity (Wildman–Crippen MR) is 65.7 cm³/mol. The van der Waals surface area contributed by atoms with E-state index < -0.39 is 6.04 Å². The Morgan fingerprint density at radius 2 is 2.00 bits per heavy atom. The molecule has 1 atom stereocenters. The van der Waals surface area contributed by atoms with E-state index in [2.05, 4.69) is 5.32 Å². The molecule has 16 heavy (non-hydrogen) atoms. The lowest BCUT2D eigenvalue weighted by molar-refractivity contribution is -0.126. The van der Waals surface area contributed by atoms with Crippen molar-refractivity contribution in [3.05, 3.63) is 0 Å². The summed E-state index contributed by atoms with van der Waals surface area (Å²) in [5.74, 6) is -0.0657. The highest BCUT2D eigenvalue weighted by atomic mass is 35.5. The smallest absolute Gasteiger partial charge is 0.221 e. The van der Waals surface area contributed by atoms with Gasteiger partial charge in [-0.25, -0.2) is 0 Å². The van der Waals surface area contributed by atoms with E-state index in [4.69, 9.17) is 11.6 Å². The van der Waals surface area contributed by atoms with Crippen LogP contribution in [0, 0.1) is 0 Å². The number of rotatable bonds is 7. The van der Waals surface area contributed by atoms with Gasteiger partial charge in [-0.2, -0.15) is 0 Å². The molecule has 0 radical (unpaired) electrons. The Morgan fingerprint density at radius 1 is 1.38 bits per heavy atom. The minimum Gasteiger partial charge on any atom is -0.346 e. The molecule has 0 saturated heterocycles. The topological polar surface area (TPSA) is 63.2 Å². The summed E-state index contributed by atoms with van der Waals surface area (Å²) < 4.78 is 0. The number of halogens is 1. The fraction of sp³-hybridized carbons (Fsp3) is 0.700. The van der Waals surface area contributed by atoms with Crippen molar-refractivity contribution in [1.29, 1.82) is 0 Å². The summed E-state index contributed by atoms with van der Waals surface area (Å²) >= 11 is 6.50. The van der Waals surface area contributed by atoms with Crippen molar-refractivity contribution in [2.45, 2.75) is 32.7 Å². The van der Waals surface area contributed by atoms with Gasteiger partial charge in [0.25, 0.3) is 0 Å². The van der Waals surface area contributed by atoms with E-state index in [-0.39, 0.29) is 29.1 Å². The van der Waals surface area contributed by atoms with E-state index >= 15 is 0 Å². The Hall–Kier alpha value is -0.550. The normalized spacial score (nSPS) is 11.9. The van der Waals surface area contributed by atoms with Crippen molar-refractivity contribution in [2.75, 3.05) is 11.6 Å². The first kappa shape index (κ1) is 15.4. The lowest BCUT2D eigenvalue weighted by Crippen LogP contribution is -2.41. The van der Waals surface area contributed by atoms with Gasteiger partial charge in [0.15, 0.2) is 10.9 Å². The number of alkyl halides is 1. The molecule has 0 aromatic heterocycles. The van der Waals surface area contributed by atoms with Crippen LogP contribution in [0.3, 0.4) is 0 Å². The SMILES string of the molecule is CC[C@H](NC(=O)CCSC(C)=O)C(=O)CCl. The van der Waals surface area contributed by atoms with Gasteiger partial charge in [0.2, 0.25) is 5.91 Å². The molecule has 0 bridgehead atoms. The van der Waals surface area contributed by atoms with Gasteiger partial charge in [0, 0.05) is 19.1 Å². The van der Waals surface area contributed by atoms with Crippen molar-refractivity contribution in [3.63, 3.8) is 0 Å². The minimum absolute atomic E-state index is 0.0170. The first-order valence-electron chi connectivity index (χ1n) is 5.02. The number of amides is 1. The van der Waals surface area contributed by atoms with Crippen LogP contribution < -0.4 is 5.32 Å².